The van der Waals surface area contributed by atoms with Crippen LogP contribution in [-0.4, -0.2) is 16.8 Å². The van der Waals surface area contributed by atoms with E-state index in [1.807, 2.05) is 0 Å². The number of hydrogen-bond acceptors (Lipinski definition) is 5. The van der Waals surface area contributed by atoms with Crippen molar-refractivity contribution in [2.24, 2.45) is 0 Å². The summed E-state index contributed by atoms with van der Waals surface area (Å²) in [7, 11) is 0. The molecule has 2 rings (SSSR count). The smallest absolute Gasteiger partial charge is 0.339 e. The summed E-state index contributed by atoms with van der Waals surface area (Å²) in [6, 6.07) is 2.94. The van der Waals surface area contributed by atoms with Crippen LogP contribution < -0.4 is 0 Å². The molecule has 0 aliphatic carbocycles. The van der Waals surface area contributed by atoms with E-state index in [-0.39, 0.29) is 16.7 Å². The van der Waals surface area contributed by atoms with Gasteiger partial charge in [0.05, 0.1) is 5.56 Å². The van der Waals surface area contributed by atoms with Crippen LogP contribution in [0.3, 0.4) is 0 Å². The third-order valence-corrected chi connectivity index (χ3v) is 2.34. The second-order valence-electron chi connectivity index (χ2n) is 4.76. The fourth-order valence-corrected chi connectivity index (χ4v) is 1.65. The van der Waals surface area contributed by atoms with E-state index in [9.17, 15) is 9.59 Å². The highest BCUT2D eigenvalue weighted by atomic mass is 35.5. The molecule has 1 heterocycles. The number of ether oxygens (including phenoxy) is 1. The standard InChI is InChI=1S/C12H11ClO5/c1-12(2,3)16-11(15)6-4-5-7-9(18-17-7)8(6)10(13)14/h4-5H,1-3H3. The van der Waals surface area contributed by atoms with Crippen LogP contribution in [0.4, 0.5) is 0 Å². The van der Waals surface area contributed by atoms with E-state index in [2.05, 4.69) is 9.15 Å². The largest absolute Gasteiger partial charge is 0.456 e. The van der Waals surface area contributed by atoms with Gasteiger partial charge in [0.1, 0.15) is 11.2 Å². The highest BCUT2D eigenvalue weighted by molar-refractivity contribution is 6.69. The highest BCUT2D eigenvalue weighted by Crippen LogP contribution is 2.28. The van der Waals surface area contributed by atoms with Crippen molar-refractivity contribution in [1.29, 1.82) is 0 Å². The maximum absolute atomic E-state index is 11.9. The van der Waals surface area contributed by atoms with Crippen molar-refractivity contribution >= 4 is 34.0 Å². The summed E-state index contributed by atoms with van der Waals surface area (Å²) in [4.78, 5) is 23.3. The van der Waals surface area contributed by atoms with Gasteiger partial charge < -0.3 is 4.74 Å². The number of esters is 1. The molecule has 1 aromatic carbocycles. The first-order valence-corrected chi connectivity index (χ1v) is 5.62. The Kier molecular flexibility index (Phi) is 2.94. The molecule has 0 amide bonds. The number of halogens is 1. The third kappa shape index (κ3) is 2.26. The van der Waals surface area contributed by atoms with E-state index >= 15 is 0 Å². The molecule has 0 bridgehead atoms. The number of hydrogen-bond donors (Lipinski definition) is 0. The van der Waals surface area contributed by atoms with E-state index in [0.717, 1.165) is 0 Å². The molecular formula is C12H11ClO5. The lowest BCUT2D eigenvalue weighted by molar-refractivity contribution is 0.00663. The zero-order valence-corrected chi connectivity index (χ0v) is 10.8. The van der Waals surface area contributed by atoms with Gasteiger partial charge in [-0.1, -0.05) is 0 Å². The van der Waals surface area contributed by atoms with Crippen LogP contribution in [0.25, 0.3) is 11.2 Å². The summed E-state index contributed by atoms with van der Waals surface area (Å²) >= 11 is 5.45. The van der Waals surface area contributed by atoms with Gasteiger partial charge >= 0.3 is 5.97 Å². The first kappa shape index (κ1) is 12.7. The molecule has 6 heteroatoms. The van der Waals surface area contributed by atoms with E-state index in [1.54, 1.807) is 20.8 Å². The van der Waals surface area contributed by atoms with Crippen molar-refractivity contribution in [3.63, 3.8) is 0 Å². The van der Waals surface area contributed by atoms with E-state index in [0.29, 0.717) is 5.58 Å². The van der Waals surface area contributed by atoms with Crippen molar-refractivity contribution in [1.82, 2.24) is 0 Å². The number of fused-ring (bicyclic) bond motifs is 1. The summed E-state index contributed by atoms with van der Waals surface area (Å²) in [5.41, 5.74) is -0.101. The van der Waals surface area contributed by atoms with Crippen LogP contribution in [0.1, 0.15) is 41.5 Å². The molecule has 0 fully saturated rings. The number of benzene rings is 1. The fraction of sp³-hybridized carbons (Fsp3) is 0.333. The maximum Gasteiger partial charge on any atom is 0.339 e. The van der Waals surface area contributed by atoms with Crippen molar-refractivity contribution in [2.75, 3.05) is 0 Å². The monoisotopic (exact) mass is 270 g/mol. The first-order chi connectivity index (χ1) is 8.29. The van der Waals surface area contributed by atoms with Crippen molar-refractivity contribution in [2.45, 2.75) is 26.4 Å². The average Bonchev–Trinajstić information content (AvgIpc) is 2.15. The van der Waals surface area contributed by atoms with Gasteiger partial charge in [0.25, 0.3) is 5.24 Å². The van der Waals surface area contributed by atoms with Crippen LogP contribution in [0.5, 0.6) is 0 Å². The zero-order valence-electron chi connectivity index (χ0n) is 10.1. The lowest BCUT2D eigenvalue weighted by Gasteiger charge is -2.20. The van der Waals surface area contributed by atoms with Gasteiger partial charge in [-0.3, -0.25) is 13.9 Å². The molecule has 0 aliphatic rings. The molecule has 0 saturated carbocycles. The predicted octanol–water partition coefficient (Wildman–Crippen LogP) is 3.36. The Morgan fingerprint density at radius 3 is 2.33 bits per heavy atom. The van der Waals surface area contributed by atoms with Crippen molar-refractivity contribution < 1.29 is 23.5 Å². The molecule has 0 N–H and O–H groups in total. The predicted molar refractivity (Wildman–Crippen MR) is 63.8 cm³/mol. The Hall–Kier alpha value is -1.75. The number of carbonyl (C=O) groups is 2. The van der Waals surface area contributed by atoms with Gasteiger partial charge in [-0.15, -0.1) is 0 Å². The van der Waals surface area contributed by atoms with E-state index in [4.69, 9.17) is 16.3 Å². The summed E-state index contributed by atoms with van der Waals surface area (Å²) in [5, 5.41) is -0.795. The molecule has 0 aliphatic heterocycles. The average molecular weight is 271 g/mol. The van der Waals surface area contributed by atoms with Gasteiger partial charge in [0.2, 0.25) is 11.2 Å². The second-order valence-corrected chi connectivity index (χ2v) is 5.10. The van der Waals surface area contributed by atoms with Crippen LogP contribution >= 0.6 is 11.6 Å². The quantitative estimate of drug-likeness (QED) is 0.475. The van der Waals surface area contributed by atoms with Crippen molar-refractivity contribution in [3.8, 4) is 0 Å². The van der Waals surface area contributed by atoms with E-state index < -0.39 is 16.8 Å². The van der Waals surface area contributed by atoms with E-state index in [1.165, 1.54) is 12.1 Å². The molecule has 0 atom stereocenters. The first-order valence-electron chi connectivity index (χ1n) is 5.24. The Balaban J connectivity index is 2.48. The lowest BCUT2D eigenvalue weighted by Crippen LogP contribution is -2.25. The molecule has 5 nitrogen and oxygen atoms in total. The van der Waals surface area contributed by atoms with Gasteiger partial charge in [0, 0.05) is 0 Å². The van der Waals surface area contributed by atoms with Crippen molar-refractivity contribution in [3.05, 3.63) is 23.3 Å². The summed E-state index contributed by atoms with van der Waals surface area (Å²) in [6.45, 7) is 5.19. The van der Waals surface area contributed by atoms with Crippen LogP contribution in [-0.2, 0) is 4.74 Å². The number of carbonyl (C=O) groups excluding carboxylic acids is 2. The van der Waals surface area contributed by atoms with Gasteiger partial charge in [-0.05, 0) is 44.5 Å². The van der Waals surface area contributed by atoms with Gasteiger partial charge in [-0.25, -0.2) is 4.79 Å². The molecule has 96 valence electrons. The minimum atomic E-state index is -0.795. The lowest BCUT2D eigenvalue weighted by atomic mass is 10.1. The molecule has 1 aromatic heterocycles. The normalized spacial score (nSPS) is 11.8. The Labute approximate surface area is 108 Å². The second kappa shape index (κ2) is 4.17. The molecule has 0 saturated heterocycles. The van der Waals surface area contributed by atoms with Crippen LogP contribution in [0.2, 0.25) is 0 Å². The van der Waals surface area contributed by atoms with Crippen LogP contribution in [0, 0.1) is 0 Å². The topological polar surface area (TPSA) is 69.7 Å². The fourth-order valence-electron chi connectivity index (χ4n) is 1.46. The molecule has 0 unspecified atom stereocenters. The maximum atomic E-state index is 11.9. The Bertz CT molecular complexity index is 614. The zero-order chi connectivity index (χ0) is 13.5. The molecule has 0 radical (unpaired) electrons. The number of rotatable bonds is 2. The molecule has 18 heavy (non-hydrogen) atoms. The Morgan fingerprint density at radius 2 is 1.89 bits per heavy atom. The minimum absolute atomic E-state index is 0.0327. The van der Waals surface area contributed by atoms with Crippen LogP contribution in [0.15, 0.2) is 21.3 Å². The highest BCUT2D eigenvalue weighted by Gasteiger charge is 2.27. The molecular weight excluding hydrogens is 260 g/mol. The third-order valence-electron chi connectivity index (χ3n) is 2.15. The van der Waals surface area contributed by atoms with Gasteiger partial charge in [-0.2, -0.15) is 0 Å². The summed E-state index contributed by atoms with van der Waals surface area (Å²) in [5.74, 6) is -0.634. The minimum Gasteiger partial charge on any atom is -0.456 e. The molecule has 2 aromatic rings. The summed E-state index contributed by atoms with van der Waals surface area (Å²) in [6.07, 6.45) is 0. The molecule has 0 spiro atoms. The van der Waals surface area contributed by atoms with Gasteiger partial charge in [0.15, 0.2) is 0 Å². The summed E-state index contributed by atoms with van der Waals surface area (Å²) < 4.78 is 14.5. The SMILES string of the molecule is CC(C)(C)OC(=O)c1ccc2ooc2c1C(=O)Cl. The Morgan fingerprint density at radius 1 is 1.22 bits per heavy atom.